The Labute approximate surface area is 265 Å². The monoisotopic (exact) mass is 1030 g/mol. The molecule has 0 aliphatic rings. The minimum Gasteiger partial charge on any atom is -0.358 e. The van der Waals surface area contributed by atoms with Crippen LogP contribution in [0.5, 0.6) is 0 Å². The maximum atomic E-state index is 4.05. The van der Waals surface area contributed by atoms with Gasteiger partial charge in [-0.1, -0.05) is 57.6 Å². The van der Waals surface area contributed by atoms with Crippen LogP contribution in [0.15, 0.2) is 73.2 Å². The first-order chi connectivity index (χ1) is 13.3. The predicted octanol–water partition coefficient (Wildman–Crippen LogP) is 9.01. The second-order valence-corrected chi connectivity index (χ2v) is 5.06. The Bertz CT molecular complexity index is 696. The Morgan fingerprint density at radius 1 is 0.472 bits per heavy atom. The molecule has 3 heterocycles. The number of nitrogens with zero attached hydrogens (tertiary/aromatic N) is 3. The van der Waals surface area contributed by atoms with Gasteiger partial charge in [-0.15, -0.1) is 39.0 Å². The van der Waals surface area contributed by atoms with E-state index in [9.17, 15) is 0 Å². The summed E-state index contributed by atoms with van der Waals surface area (Å²) in [6.07, 6.45) is 19.5. The summed E-state index contributed by atoms with van der Waals surface area (Å²) in [5, 5.41) is 0. The van der Waals surface area contributed by atoms with E-state index in [4.69, 9.17) is 0 Å². The summed E-state index contributed by atoms with van der Waals surface area (Å²) in [4.78, 5) is 12.2. The third-order valence-electron chi connectivity index (χ3n) is 2.94. The van der Waals surface area contributed by atoms with Crippen LogP contribution in [0.1, 0.15) is 60.1 Å². The van der Waals surface area contributed by atoms with Crippen molar-refractivity contribution in [3.05, 3.63) is 131 Å². The Hall–Kier alpha value is -1.38. The summed E-state index contributed by atoms with van der Waals surface area (Å²) >= 11 is 0. The van der Waals surface area contributed by atoms with Crippen molar-refractivity contribution in [1.82, 2.24) is 15.0 Å². The van der Waals surface area contributed by atoms with Gasteiger partial charge in [-0.3, -0.25) is 18.2 Å². The first kappa shape index (κ1) is 59.6. The number of hydrogen-bond donors (Lipinski definition) is 0. The average molecular weight is 1020 g/mol. The van der Waals surface area contributed by atoms with Crippen LogP contribution in [-0.4, -0.2) is 15.0 Å². The van der Waals surface area contributed by atoms with Gasteiger partial charge in [-0.05, 0) is 18.2 Å². The maximum Gasteiger partial charge on any atom is 0.00534 e. The van der Waals surface area contributed by atoms with Crippen LogP contribution in [0.25, 0.3) is 18.2 Å². The van der Waals surface area contributed by atoms with Gasteiger partial charge in [0.2, 0.25) is 0 Å². The Morgan fingerprint density at radius 3 is 0.833 bits per heavy atom. The molecule has 3 aromatic rings. The van der Waals surface area contributed by atoms with E-state index in [2.05, 4.69) is 33.2 Å². The van der Waals surface area contributed by atoms with Crippen molar-refractivity contribution in [3.63, 3.8) is 0 Å². The zero-order valence-electron chi connectivity index (χ0n) is 20.0. The molecule has 3 aromatic heterocycles. The zero-order chi connectivity index (χ0) is 19.6. The minimum atomic E-state index is 0. The number of allylic oxidation sites excluding steroid dienone is 3. The third kappa shape index (κ3) is 32.6. The van der Waals surface area contributed by atoms with E-state index in [1.54, 1.807) is 18.6 Å². The van der Waals surface area contributed by atoms with E-state index in [1.807, 2.05) is 93.6 Å². The number of rotatable bonds is 3. The van der Waals surface area contributed by atoms with Crippen molar-refractivity contribution in [1.29, 1.82) is 0 Å². The van der Waals surface area contributed by atoms with Gasteiger partial charge in [0.1, 0.15) is 0 Å². The molecule has 0 saturated carbocycles. The minimum absolute atomic E-state index is 0. The van der Waals surface area contributed by atoms with Crippen LogP contribution in [0.4, 0.5) is 0 Å². The molecule has 3 rings (SSSR count). The summed E-state index contributed by atoms with van der Waals surface area (Å²) in [5.74, 6) is 0. The maximum absolute atomic E-state index is 4.05. The molecule has 0 aromatic carbocycles. The van der Waals surface area contributed by atoms with Crippen LogP contribution in [0.3, 0.4) is 0 Å². The van der Waals surface area contributed by atoms with Crippen LogP contribution >= 0.6 is 0 Å². The molecule has 0 unspecified atom stereocenters. The van der Waals surface area contributed by atoms with Gasteiger partial charge in [0.05, 0.1) is 0 Å². The van der Waals surface area contributed by atoms with Gasteiger partial charge < -0.3 is 37.2 Å². The standard InChI is InChI=1S/3C8H8N.3CH4.3CH3.3Ir/c3*1-2-5-8-6-3-4-7-9-8;;;;;;;;;/h3*3-7H,1H3;3*1H4;3*1H3;;;/q3*-1;;;;3*-1;;;. The first-order valence-corrected chi connectivity index (χ1v) is 8.54. The number of pyridine rings is 3. The van der Waals surface area contributed by atoms with E-state index >= 15 is 0 Å². The van der Waals surface area contributed by atoms with Crippen LogP contribution < -0.4 is 0 Å². The van der Waals surface area contributed by atoms with Crippen molar-refractivity contribution in [2.45, 2.75) is 43.1 Å². The van der Waals surface area contributed by atoms with Crippen molar-refractivity contribution in [2.75, 3.05) is 0 Å². The van der Waals surface area contributed by atoms with Crippen molar-refractivity contribution >= 4 is 18.2 Å². The molecule has 0 N–H and O–H groups in total. The summed E-state index contributed by atoms with van der Waals surface area (Å²) < 4.78 is 0. The smallest absolute Gasteiger partial charge is 0.00534 e. The molecule has 6 heteroatoms. The molecule has 0 bridgehead atoms. The van der Waals surface area contributed by atoms with E-state index in [1.165, 1.54) is 0 Å². The zero-order valence-corrected chi connectivity index (χ0v) is 27.2. The SMILES string of the molecule is C.C.C.C[C-]=Cc1ccccn1.C[C-]=Cc1ccccn1.C[C-]=Cc1ccccn1.[CH3-].[CH3-].[CH3-].[Ir].[Ir].[Ir]. The van der Waals surface area contributed by atoms with Gasteiger partial charge in [0.25, 0.3) is 0 Å². The normalized spacial score (nSPS) is 7.75. The van der Waals surface area contributed by atoms with Gasteiger partial charge in [-0.25, -0.2) is 18.2 Å². The molecule has 3 radical (unpaired) electrons. The van der Waals surface area contributed by atoms with E-state index in [0.29, 0.717) is 0 Å². The second-order valence-electron chi connectivity index (χ2n) is 5.06. The Kier molecular flexibility index (Phi) is 72.3. The molecule has 0 aliphatic carbocycles. The average Bonchev–Trinajstić information content (AvgIpc) is 2.72. The molecule has 36 heavy (non-hydrogen) atoms. The molecule has 3 nitrogen and oxygen atoms in total. The molecule has 213 valence electrons. The summed E-state index contributed by atoms with van der Waals surface area (Å²) in [6.45, 7) is 5.57. The summed E-state index contributed by atoms with van der Waals surface area (Å²) in [7, 11) is 0. The van der Waals surface area contributed by atoms with E-state index in [0.717, 1.165) is 17.1 Å². The van der Waals surface area contributed by atoms with Gasteiger partial charge in [0, 0.05) is 78.9 Å². The number of aromatic nitrogens is 3. The quantitative estimate of drug-likeness (QED) is 0.246. The van der Waals surface area contributed by atoms with Crippen molar-refractivity contribution in [3.8, 4) is 0 Å². The van der Waals surface area contributed by atoms with Crippen molar-refractivity contribution in [2.24, 2.45) is 0 Å². The fourth-order valence-electron chi connectivity index (χ4n) is 1.83. The summed E-state index contributed by atoms with van der Waals surface area (Å²) in [5.41, 5.74) is 2.88. The van der Waals surface area contributed by atoms with E-state index in [-0.39, 0.29) is 105 Å². The molecule has 0 saturated heterocycles. The van der Waals surface area contributed by atoms with E-state index < -0.39 is 0 Å². The van der Waals surface area contributed by atoms with Crippen LogP contribution in [0.2, 0.25) is 0 Å². The molecule has 0 fully saturated rings. The largest absolute Gasteiger partial charge is 0.358 e. The summed E-state index contributed by atoms with van der Waals surface area (Å²) in [6, 6.07) is 17.4. The van der Waals surface area contributed by atoms with Crippen LogP contribution in [-0.2, 0) is 60.3 Å². The van der Waals surface area contributed by atoms with Gasteiger partial charge in [0.15, 0.2) is 0 Å². The van der Waals surface area contributed by atoms with Crippen LogP contribution in [0, 0.1) is 40.5 Å². The second kappa shape index (κ2) is 43.7. The predicted molar refractivity (Wildman–Crippen MR) is 152 cm³/mol. The fourth-order valence-corrected chi connectivity index (χ4v) is 1.83. The molecule has 0 aliphatic heterocycles. The molecule has 0 atom stereocenters. The fraction of sp³-hybridized carbons (Fsp3) is 0.200. The third-order valence-corrected chi connectivity index (χ3v) is 2.94. The molecular weight excluding hydrogens is 979 g/mol. The Balaban J connectivity index is -0.0000000386. The molecule has 0 amide bonds. The topological polar surface area (TPSA) is 38.7 Å². The first-order valence-electron chi connectivity index (χ1n) is 8.54. The Morgan fingerprint density at radius 2 is 0.694 bits per heavy atom. The molecular formula is C30H45Ir3N3-6. The van der Waals surface area contributed by atoms with Gasteiger partial charge >= 0.3 is 0 Å². The van der Waals surface area contributed by atoms with Crippen molar-refractivity contribution < 1.29 is 60.3 Å². The van der Waals surface area contributed by atoms with Gasteiger partial charge in [-0.2, -0.15) is 0 Å². The molecule has 0 spiro atoms. The number of hydrogen-bond acceptors (Lipinski definition) is 3.